The first-order chi connectivity index (χ1) is 15.7. The van der Waals surface area contributed by atoms with Gasteiger partial charge in [0, 0.05) is 15.7 Å². The Bertz CT molecular complexity index is 1320. The number of carbonyl (C=O) groups is 1. The molecule has 0 saturated carbocycles. The summed E-state index contributed by atoms with van der Waals surface area (Å²) < 4.78 is 6.90. The van der Waals surface area contributed by atoms with E-state index in [1.54, 1.807) is 0 Å². The number of nitrogens with zero attached hydrogens (tertiary/aromatic N) is 1. The molecule has 0 spiro atoms. The van der Waals surface area contributed by atoms with Crippen LogP contribution >= 0.6 is 15.9 Å². The lowest BCUT2D eigenvalue weighted by Gasteiger charge is -2.18. The number of carbonyl (C=O) groups excluding carboxylic acids is 1. The van der Waals surface area contributed by atoms with Gasteiger partial charge >= 0.3 is 0 Å². The molecule has 1 heterocycles. The summed E-state index contributed by atoms with van der Waals surface area (Å²) in [5.41, 5.74) is 4.81. The van der Waals surface area contributed by atoms with Crippen LogP contribution in [0.1, 0.15) is 17.0 Å². The third-order valence-electron chi connectivity index (χ3n) is 5.27. The van der Waals surface area contributed by atoms with Crippen LogP contribution in [-0.4, -0.2) is 10.9 Å². The van der Waals surface area contributed by atoms with Crippen LogP contribution in [0.3, 0.4) is 0 Å². The summed E-state index contributed by atoms with van der Waals surface area (Å²) in [5.74, 6) is 0.0320. The zero-order valence-corrected chi connectivity index (χ0v) is 18.6. The molecule has 0 aliphatic carbocycles. The van der Waals surface area contributed by atoms with Crippen molar-refractivity contribution >= 4 is 38.6 Å². The quantitative estimate of drug-likeness (QED) is 0.292. The van der Waals surface area contributed by atoms with Crippen molar-refractivity contribution in [3.05, 3.63) is 119 Å². The van der Waals surface area contributed by atoms with Crippen LogP contribution in [0.15, 0.2) is 112 Å². The first-order valence-electron chi connectivity index (χ1n) is 10.2. The minimum Gasteiger partial charge on any atom is -0.436 e. The Morgan fingerprint density at radius 3 is 2.06 bits per heavy atom. The SMILES string of the molecule is O=C(Nc1ccc2oc(-c3ccc(Br)cc3)nc2c1)C(c1ccccc1)c1ccccc1. The van der Waals surface area contributed by atoms with E-state index in [4.69, 9.17) is 4.42 Å². The maximum Gasteiger partial charge on any atom is 0.236 e. The van der Waals surface area contributed by atoms with Gasteiger partial charge in [-0.15, -0.1) is 0 Å². The van der Waals surface area contributed by atoms with Crippen molar-refractivity contribution < 1.29 is 9.21 Å². The Balaban J connectivity index is 1.44. The van der Waals surface area contributed by atoms with Crippen molar-refractivity contribution in [3.8, 4) is 11.5 Å². The molecule has 156 valence electrons. The van der Waals surface area contributed by atoms with Crippen LogP contribution in [0.25, 0.3) is 22.6 Å². The molecule has 0 unspecified atom stereocenters. The number of hydrogen-bond donors (Lipinski definition) is 1. The van der Waals surface area contributed by atoms with Crippen LogP contribution in [0, 0.1) is 0 Å². The Kier molecular flexibility index (Phi) is 5.57. The van der Waals surface area contributed by atoms with Crippen molar-refractivity contribution in [1.29, 1.82) is 0 Å². The molecule has 0 atom stereocenters. The minimum atomic E-state index is -0.413. The maximum absolute atomic E-state index is 13.3. The van der Waals surface area contributed by atoms with Gasteiger partial charge < -0.3 is 9.73 Å². The van der Waals surface area contributed by atoms with Gasteiger partial charge in [-0.05, 0) is 53.6 Å². The smallest absolute Gasteiger partial charge is 0.236 e. The van der Waals surface area contributed by atoms with Crippen LogP contribution < -0.4 is 5.32 Å². The fourth-order valence-electron chi connectivity index (χ4n) is 3.72. The number of benzene rings is 4. The van der Waals surface area contributed by atoms with Gasteiger partial charge in [-0.3, -0.25) is 4.79 Å². The molecule has 0 fully saturated rings. The predicted molar refractivity (Wildman–Crippen MR) is 131 cm³/mol. The second kappa shape index (κ2) is 8.81. The molecule has 32 heavy (non-hydrogen) atoms. The lowest BCUT2D eigenvalue weighted by atomic mass is 9.90. The molecule has 0 bridgehead atoms. The third kappa shape index (κ3) is 4.20. The minimum absolute atomic E-state index is 0.0987. The summed E-state index contributed by atoms with van der Waals surface area (Å²) in [6, 6.07) is 32.9. The van der Waals surface area contributed by atoms with Crippen LogP contribution in [0.5, 0.6) is 0 Å². The fourth-order valence-corrected chi connectivity index (χ4v) is 3.99. The zero-order valence-electron chi connectivity index (χ0n) is 17.0. The van der Waals surface area contributed by atoms with Crippen molar-refractivity contribution in [3.63, 3.8) is 0 Å². The van der Waals surface area contributed by atoms with Crippen LogP contribution in [0.2, 0.25) is 0 Å². The van der Waals surface area contributed by atoms with Gasteiger partial charge in [0.25, 0.3) is 0 Å². The second-order valence-corrected chi connectivity index (χ2v) is 8.37. The average Bonchev–Trinajstić information content (AvgIpc) is 3.24. The van der Waals surface area contributed by atoms with Crippen molar-refractivity contribution in [2.45, 2.75) is 5.92 Å². The van der Waals surface area contributed by atoms with Gasteiger partial charge in [0.2, 0.25) is 11.8 Å². The molecular weight excluding hydrogens is 464 g/mol. The van der Waals surface area contributed by atoms with Crippen LogP contribution in [0.4, 0.5) is 5.69 Å². The first kappa shape index (κ1) is 20.2. The van der Waals surface area contributed by atoms with E-state index in [2.05, 4.69) is 26.2 Å². The highest BCUT2D eigenvalue weighted by Crippen LogP contribution is 2.29. The van der Waals surface area contributed by atoms with E-state index >= 15 is 0 Å². The number of hydrogen-bond acceptors (Lipinski definition) is 3. The molecule has 0 radical (unpaired) electrons. The molecular formula is C27H19BrN2O2. The summed E-state index contributed by atoms with van der Waals surface area (Å²) in [5, 5.41) is 3.06. The molecule has 1 aromatic heterocycles. The normalized spacial score (nSPS) is 11.1. The Labute approximate surface area is 194 Å². The summed E-state index contributed by atoms with van der Waals surface area (Å²) in [6.07, 6.45) is 0. The number of anilines is 1. The highest BCUT2D eigenvalue weighted by Gasteiger charge is 2.23. The van der Waals surface area contributed by atoms with E-state index in [1.807, 2.05) is 103 Å². The van der Waals surface area contributed by atoms with E-state index in [0.717, 1.165) is 21.2 Å². The van der Waals surface area contributed by atoms with Crippen LogP contribution in [-0.2, 0) is 4.79 Å². The van der Waals surface area contributed by atoms with E-state index in [-0.39, 0.29) is 5.91 Å². The second-order valence-electron chi connectivity index (χ2n) is 7.45. The molecule has 5 rings (SSSR count). The highest BCUT2D eigenvalue weighted by atomic mass is 79.9. The molecule has 0 aliphatic rings. The van der Waals surface area contributed by atoms with Gasteiger partial charge in [-0.2, -0.15) is 0 Å². The molecule has 0 aliphatic heterocycles. The van der Waals surface area contributed by atoms with Crippen molar-refractivity contribution in [1.82, 2.24) is 4.98 Å². The van der Waals surface area contributed by atoms with Gasteiger partial charge in [0.15, 0.2) is 5.58 Å². The number of nitrogens with one attached hydrogen (secondary N) is 1. The van der Waals surface area contributed by atoms with E-state index in [1.165, 1.54) is 0 Å². The molecule has 5 aromatic rings. The number of halogens is 1. The van der Waals surface area contributed by atoms with Gasteiger partial charge in [-0.1, -0.05) is 76.6 Å². The fraction of sp³-hybridized carbons (Fsp3) is 0.0370. The molecule has 0 saturated heterocycles. The van der Waals surface area contributed by atoms with E-state index < -0.39 is 5.92 Å². The van der Waals surface area contributed by atoms with Gasteiger partial charge in [-0.25, -0.2) is 4.98 Å². The third-order valence-corrected chi connectivity index (χ3v) is 5.80. The lowest BCUT2D eigenvalue weighted by molar-refractivity contribution is -0.116. The first-order valence-corrected chi connectivity index (χ1v) is 11.0. The van der Waals surface area contributed by atoms with Gasteiger partial charge in [0.1, 0.15) is 5.52 Å². The molecule has 1 N–H and O–H groups in total. The standard InChI is InChI=1S/C27H19BrN2O2/c28-21-13-11-20(12-14-21)27-30-23-17-22(15-16-24(23)32-27)29-26(31)25(18-7-3-1-4-8-18)19-9-5-2-6-10-19/h1-17,25H,(H,29,31). The summed E-state index contributed by atoms with van der Waals surface area (Å²) in [7, 11) is 0. The van der Waals surface area contributed by atoms with Gasteiger partial charge in [0.05, 0.1) is 5.92 Å². The Morgan fingerprint density at radius 1 is 0.812 bits per heavy atom. The van der Waals surface area contributed by atoms with Crippen molar-refractivity contribution in [2.24, 2.45) is 0 Å². The van der Waals surface area contributed by atoms with E-state index in [9.17, 15) is 4.79 Å². The highest BCUT2D eigenvalue weighted by molar-refractivity contribution is 9.10. The predicted octanol–water partition coefficient (Wildman–Crippen LogP) is 7.03. The van der Waals surface area contributed by atoms with Crippen molar-refractivity contribution in [2.75, 3.05) is 5.32 Å². The summed E-state index contributed by atoms with van der Waals surface area (Å²) in [4.78, 5) is 18.0. The summed E-state index contributed by atoms with van der Waals surface area (Å²) >= 11 is 3.44. The average molecular weight is 483 g/mol. The molecule has 4 aromatic carbocycles. The number of amides is 1. The number of aromatic nitrogens is 1. The number of oxazole rings is 1. The number of rotatable bonds is 5. The monoisotopic (exact) mass is 482 g/mol. The zero-order chi connectivity index (χ0) is 21.9. The molecule has 4 nitrogen and oxygen atoms in total. The van der Waals surface area contributed by atoms with E-state index in [0.29, 0.717) is 22.7 Å². The Hall–Kier alpha value is -3.70. The summed E-state index contributed by atoms with van der Waals surface area (Å²) in [6.45, 7) is 0. The molecule has 1 amide bonds. The molecule has 5 heteroatoms. The Morgan fingerprint density at radius 2 is 1.44 bits per heavy atom. The maximum atomic E-state index is 13.3. The topological polar surface area (TPSA) is 55.1 Å². The largest absolute Gasteiger partial charge is 0.436 e. The number of fused-ring (bicyclic) bond motifs is 1. The lowest BCUT2D eigenvalue weighted by Crippen LogP contribution is -2.22.